The van der Waals surface area contributed by atoms with Crippen LogP contribution in [0.25, 0.3) is 0 Å². The molecule has 1 aromatic heterocycles. The van der Waals surface area contributed by atoms with Crippen LogP contribution in [0, 0.1) is 13.8 Å². The van der Waals surface area contributed by atoms with Crippen molar-refractivity contribution in [1.29, 1.82) is 0 Å². The molecule has 114 valence electrons. The van der Waals surface area contributed by atoms with Crippen LogP contribution < -0.4 is 10.6 Å². The fraction of sp³-hybridized carbons (Fsp3) is 0.250. The molecule has 0 saturated heterocycles. The number of esters is 1. The maximum absolute atomic E-state index is 12.3. The lowest BCUT2D eigenvalue weighted by molar-refractivity contribution is 0.0600. The second kappa shape index (κ2) is 5.46. The van der Waals surface area contributed by atoms with Crippen LogP contribution in [0.4, 0.5) is 5.00 Å². The number of hydrogen-bond donors (Lipinski definition) is 2. The van der Waals surface area contributed by atoms with E-state index in [-0.39, 0.29) is 18.0 Å². The minimum Gasteiger partial charge on any atom is -0.465 e. The number of fused-ring (bicyclic) bond motifs is 1. The highest BCUT2D eigenvalue weighted by Gasteiger charge is 2.28. The van der Waals surface area contributed by atoms with Gasteiger partial charge in [0.05, 0.1) is 18.2 Å². The molecule has 2 heterocycles. The highest BCUT2D eigenvalue weighted by Crippen LogP contribution is 2.37. The summed E-state index contributed by atoms with van der Waals surface area (Å²) in [5.41, 5.74) is 3.11. The summed E-state index contributed by atoms with van der Waals surface area (Å²) in [7, 11) is 1.35. The minimum atomic E-state index is -0.376. The van der Waals surface area contributed by atoms with Crippen LogP contribution >= 0.6 is 11.3 Å². The number of methoxy groups -OCH3 is 1. The molecule has 5 nitrogen and oxygen atoms in total. The number of ether oxygens (including phenoxy) is 1. The van der Waals surface area contributed by atoms with E-state index in [0.717, 1.165) is 26.6 Å². The summed E-state index contributed by atoms with van der Waals surface area (Å²) in [4.78, 5) is 24.9. The van der Waals surface area contributed by atoms with Gasteiger partial charge in [-0.15, -0.1) is 11.3 Å². The molecule has 0 spiro atoms. The summed E-state index contributed by atoms with van der Waals surface area (Å²) in [6, 6.07) is 7.00. The van der Waals surface area contributed by atoms with Crippen molar-refractivity contribution in [2.75, 3.05) is 12.4 Å². The van der Waals surface area contributed by atoms with E-state index in [9.17, 15) is 9.59 Å². The number of carbonyl (C=O) groups is 2. The monoisotopic (exact) mass is 316 g/mol. The van der Waals surface area contributed by atoms with Gasteiger partial charge in [0.25, 0.3) is 5.91 Å². The van der Waals surface area contributed by atoms with Gasteiger partial charge in [-0.1, -0.05) is 12.1 Å². The summed E-state index contributed by atoms with van der Waals surface area (Å²) >= 11 is 1.58. The first kappa shape index (κ1) is 14.6. The Balaban J connectivity index is 1.88. The van der Waals surface area contributed by atoms with Crippen LogP contribution in [0.2, 0.25) is 0 Å². The molecule has 1 amide bonds. The third-order valence-electron chi connectivity index (χ3n) is 3.83. The number of amides is 1. The van der Waals surface area contributed by atoms with Gasteiger partial charge in [-0.3, -0.25) is 4.79 Å². The van der Waals surface area contributed by atoms with Crippen LogP contribution in [0.5, 0.6) is 0 Å². The fourth-order valence-electron chi connectivity index (χ4n) is 2.47. The molecule has 1 aliphatic heterocycles. The lowest BCUT2D eigenvalue weighted by atomic mass is 10.1. The third kappa shape index (κ3) is 2.35. The standard InChI is InChI=1S/C16H16N2O3S/c1-8-9(2)22-15-12(8)14(19)17-13(18-15)10-4-6-11(7-5-10)16(20)21-3/h4-7,13,18H,1-3H3,(H,17,19)/t13-/m0/s1. The SMILES string of the molecule is COC(=O)c1ccc([C@H]2NC(=O)c3c(sc(C)c3C)N2)cc1. The smallest absolute Gasteiger partial charge is 0.337 e. The Morgan fingerprint density at radius 1 is 1.18 bits per heavy atom. The van der Waals surface area contributed by atoms with Crippen LogP contribution in [-0.4, -0.2) is 19.0 Å². The molecular formula is C16H16N2O3S. The molecule has 2 N–H and O–H groups in total. The van der Waals surface area contributed by atoms with Crippen molar-refractivity contribution >= 4 is 28.2 Å². The zero-order valence-electron chi connectivity index (χ0n) is 12.5. The normalized spacial score (nSPS) is 16.5. The number of aryl methyl sites for hydroxylation is 1. The van der Waals surface area contributed by atoms with Crippen LogP contribution in [0.1, 0.15) is 42.9 Å². The van der Waals surface area contributed by atoms with E-state index in [1.807, 2.05) is 26.0 Å². The Morgan fingerprint density at radius 2 is 1.86 bits per heavy atom. The maximum atomic E-state index is 12.3. The Kier molecular flexibility index (Phi) is 3.62. The number of thiophene rings is 1. The second-order valence-corrected chi connectivity index (χ2v) is 6.38. The number of rotatable bonds is 2. The molecule has 22 heavy (non-hydrogen) atoms. The number of hydrogen-bond acceptors (Lipinski definition) is 5. The zero-order chi connectivity index (χ0) is 15.9. The van der Waals surface area contributed by atoms with E-state index in [4.69, 9.17) is 0 Å². The predicted octanol–water partition coefficient (Wildman–Crippen LogP) is 3.01. The first-order chi connectivity index (χ1) is 10.5. The average molecular weight is 316 g/mol. The van der Waals surface area contributed by atoms with E-state index >= 15 is 0 Å². The van der Waals surface area contributed by atoms with E-state index in [0.29, 0.717) is 5.56 Å². The van der Waals surface area contributed by atoms with Gasteiger partial charge in [0.2, 0.25) is 0 Å². The topological polar surface area (TPSA) is 67.4 Å². The van der Waals surface area contributed by atoms with Crippen LogP contribution in [0.3, 0.4) is 0 Å². The van der Waals surface area contributed by atoms with Crippen molar-refractivity contribution in [2.24, 2.45) is 0 Å². The highest BCUT2D eigenvalue weighted by atomic mass is 32.1. The summed E-state index contributed by atoms with van der Waals surface area (Å²) in [6.07, 6.45) is -0.302. The van der Waals surface area contributed by atoms with Gasteiger partial charge in [0.15, 0.2) is 0 Å². The molecule has 1 aromatic carbocycles. The molecule has 1 aliphatic rings. The van der Waals surface area contributed by atoms with E-state index in [1.165, 1.54) is 7.11 Å². The molecule has 3 rings (SSSR count). The zero-order valence-corrected chi connectivity index (χ0v) is 13.3. The quantitative estimate of drug-likeness (QED) is 0.836. The van der Waals surface area contributed by atoms with E-state index in [2.05, 4.69) is 15.4 Å². The molecule has 0 aliphatic carbocycles. The maximum Gasteiger partial charge on any atom is 0.337 e. The minimum absolute atomic E-state index is 0.0716. The number of benzene rings is 1. The molecule has 1 atom stereocenters. The molecule has 0 fully saturated rings. The lowest BCUT2D eigenvalue weighted by Gasteiger charge is -2.26. The Bertz CT molecular complexity index is 749. The Labute approximate surface area is 132 Å². The van der Waals surface area contributed by atoms with Gasteiger partial charge in [0, 0.05) is 4.88 Å². The molecular weight excluding hydrogens is 300 g/mol. The molecule has 0 unspecified atom stereocenters. The van der Waals surface area contributed by atoms with Gasteiger partial charge in [-0.25, -0.2) is 4.79 Å². The fourth-order valence-corrected chi connectivity index (χ4v) is 3.55. The summed E-state index contributed by atoms with van der Waals surface area (Å²) < 4.78 is 4.68. The summed E-state index contributed by atoms with van der Waals surface area (Å²) in [5.74, 6) is -0.448. The molecule has 0 bridgehead atoms. The number of nitrogens with one attached hydrogen (secondary N) is 2. The van der Waals surface area contributed by atoms with Crippen molar-refractivity contribution in [3.8, 4) is 0 Å². The number of carbonyl (C=O) groups excluding carboxylic acids is 2. The molecule has 0 saturated carbocycles. The van der Waals surface area contributed by atoms with Crippen molar-refractivity contribution in [2.45, 2.75) is 20.0 Å². The Morgan fingerprint density at radius 3 is 2.50 bits per heavy atom. The first-order valence-electron chi connectivity index (χ1n) is 6.87. The largest absolute Gasteiger partial charge is 0.465 e. The second-order valence-electron chi connectivity index (χ2n) is 5.15. The summed E-state index contributed by atoms with van der Waals surface area (Å²) in [5, 5.41) is 7.17. The van der Waals surface area contributed by atoms with E-state index in [1.54, 1.807) is 23.5 Å². The van der Waals surface area contributed by atoms with Gasteiger partial charge in [0.1, 0.15) is 11.2 Å². The Hall–Kier alpha value is -2.34. The molecule has 0 radical (unpaired) electrons. The lowest BCUT2D eigenvalue weighted by Crippen LogP contribution is -2.38. The van der Waals surface area contributed by atoms with Crippen molar-refractivity contribution < 1.29 is 14.3 Å². The van der Waals surface area contributed by atoms with Crippen LogP contribution in [0.15, 0.2) is 24.3 Å². The third-order valence-corrected chi connectivity index (χ3v) is 4.97. The van der Waals surface area contributed by atoms with Crippen molar-refractivity contribution in [1.82, 2.24) is 5.32 Å². The van der Waals surface area contributed by atoms with Gasteiger partial charge in [-0.2, -0.15) is 0 Å². The van der Waals surface area contributed by atoms with Gasteiger partial charge < -0.3 is 15.4 Å². The average Bonchev–Trinajstić information content (AvgIpc) is 2.81. The van der Waals surface area contributed by atoms with Gasteiger partial charge >= 0.3 is 5.97 Å². The van der Waals surface area contributed by atoms with Crippen molar-refractivity contribution in [3.63, 3.8) is 0 Å². The first-order valence-corrected chi connectivity index (χ1v) is 7.68. The van der Waals surface area contributed by atoms with Crippen molar-refractivity contribution in [3.05, 3.63) is 51.4 Å². The predicted molar refractivity (Wildman–Crippen MR) is 85.4 cm³/mol. The summed E-state index contributed by atoms with van der Waals surface area (Å²) in [6.45, 7) is 3.96. The molecule has 2 aromatic rings. The number of anilines is 1. The van der Waals surface area contributed by atoms with E-state index < -0.39 is 0 Å². The van der Waals surface area contributed by atoms with Crippen LogP contribution in [-0.2, 0) is 4.74 Å². The highest BCUT2D eigenvalue weighted by molar-refractivity contribution is 7.16. The molecule has 6 heteroatoms. The van der Waals surface area contributed by atoms with Gasteiger partial charge in [-0.05, 0) is 37.1 Å².